The second kappa shape index (κ2) is 5.05. The van der Waals surface area contributed by atoms with Gasteiger partial charge in [0.1, 0.15) is 0 Å². The van der Waals surface area contributed by atoms with Crippen LogP contribution in [0.4, 0.5) is 0 Å². The molecule has 0 radical (unpaired) electrons. The Morgan fingerprint density at radius 3 is 2.80 bits per heavy atom. The van der Waals surface area contributed by atoms with E-state index in [1.165, 1.54) is 10.6 Å². The van der Waals surface area contributed by atoms with Gasteiger partial charge in [0, 0.05) is 13.1 Å². The quantitative estimate of drug-likeness (QED) is 0.797. The Bertz CT molecular complexity index is 328. The molecule has 0 atom stereocenters. The summed E-state index contributed by atoms with van der Waals surface area (Å²) >= 11 is 3.69. The molecule has 15 heavy (non-hydrogen) atoms. The lowest BCUT2D eigenvalue weighted by molar-refractivity contribution is 0.0681. The van der Waals surface area contributed by atoms with Gasteiger partial charge in [-0.1, -0.05) is 19.9 Å². The minimum absolute atomic E-state index is 1.05. The molecule has 1 aromatic heterocycles. The lowest BCUT2D eigenvalue weighted by atomic mass is 10.4. The number of thiophene rings is 1. The van der Waals surface area contributed by atoms with E-state index in [4.69, 9.17) is 0 Å². The van der Waals surface area contributed by atoms with Crippen LogP contribution in [-0.4, -0.2) is 29.0 Å². The first-order valence-electron chi connectivity index (χ1n) is 5.24. The van der Waals surface area contributed by atoms with Gasteiger partial charge in [0.15, 0.2) is 0 Å². The van der Waals surface area contributed by atoms with E-state index in [9.17, 15) is 0 Å². The zero-order chi connectivity index (χ0) is 10.7. The number of rotatable bonds is 4. The molecule has 1 aliphatic rings. The van der Waals surface area contributed by atoms with Gasteiger partial charge >= 0.3 is 0 Å². The molecule has 0 saturated heterocycles. The predicted octanol–water partition coefficient (Wildman–Crippen LogP) is 3.31. The van der Waals surface area contributed by atoms with Crippen molar-refractivity contribution >= 4 is 28.8 Å². The molecule has 1 aliphatic heterocycles. The number of hydrazine groups is 1. The minimum Gasteiger partial charge on any atom is -0.294 e. The highest BCUT2D eigenvalue weighted by molar-refractivity contribution is 8.02. The number of hydrogen-bond acceptors (Lipinski definition) is 4. The molecule has 2 heterocycles. The molecular formula is C11H16N2S2. The molecule has 2 nitrogen and oxygen atoms in total. The minimum atomic E-state index is 1.05. The maximum Gasteiger partial charge on any atom is 0.0843 e. The molecule has 0 aliphatic carbocycles. The average Bonchev–Trinajstić information content (AvgIpc) is 2.88. The van der Waals surface area contributed by atoms with Crippen molar-refractivity contribution in [2.75, 3.05) is 19.0 Å². The zero-order valence-electron chi connectivity index (χ0n) is 9.14. The molecule has 4 heteroatoms. The van der Waals surface area contributed by atoms with Crippen molar-refractivity contribution in [1.82, 2.24) is 10.0 Å². The van der Waals surface area contributed by atoms with E-state index < -0.39 is 0 Å². The molecule has 1 aromatic rings. The van der Waals surface area contributed by atoms with E-state index in [-0.39, 0.29) is 0 Å². The Balaban J connectivity index is 2.18. The van der Waals surface area contributed by atoms with Crippen LogP contribution in [0.5, 0.6) is 0 Å². The van der Waals surface area contributed by atoms with E-state index in [0.717, 1.165) is 19.0 Å². The van der Waals surface area contributed by atoms with Crippen LogP contribution in [0.15, 0.2) is 22.9 Å². The first-order chi connectivity index (χ1) is 7.36. The molecule has 0 bridgehead atoms. The van der Waals surface area contributed by atoms with Crippen LogP contribution in [0.1, 0.15) is 18.7 Å². The molecule has 0 spiro atoms. The van der Waals surface area contributed by atoms with Crippen LogP contribution >= 0.6 is 23.1 Å². The molecule has 82 valence electrons. The van der Waals surface area contributed by atoms with Gasteiger partial charge in [0.05, 0.1) is 16.5 Å². The fourth-order valence-corrected chi connectivity index (χ4v) is 3.47. The summed E-state index contributed by atoms with van der Waals surface area (Å²) < 4.78 is 0. The molecule has 0 amide bonds. The standard InChI is InChI=1S/C11H16N2S2/c1-3-12(4-2)13-9-14-8-10(13)11-6-5-7-15-11/h5-8H,3-4,9H2,1-2H3. The second-order valence-electron chi connectivity index (χ2n) is 3.31. The van der Waals surface area contributed by atoms with Gasteiger partial charge in [-0.2, -0.15) is 0 Å². The van der Waals surface area contributed by atoms with E-state index in [2.05, 4.69) is 46.8 Å². The van der Waals surface area contributed by atoms with Crippen molar-refractivity contribution in [3.8, 4) is 0 Å². The summed E-state index contributed by atoms with van der Waals surface area (Å²) in [5.41, 5.74) is 1.36. The average molecular weight is 240 g/mol. The summed E-state index contributed by atoms with van der Waals surface area (Å²) in [5, 5.41) is 9.17. The van der Waals surface area contributed by atoms with Gasteiger partial charge in [0.25, 0.3) is 0 Å². The molecule has 0 aromatic carbocycles. The van der Waals surface area contributed by atoms with Crippen molar-refractivity contribution in [3.63, 3.8) is 0 Å². The normalized spacial score (nSPS) is 16.2. The number of nitrogens with zero attached hydrogens (tertiary/aromatic N) is 2. The zero-order valence-corrected chi connectivity index (χ0v) is 10.8. The fourth-order valence-electron chi connectivity index (χ4n) is 1.73. The molecule has 2 rings (SSSR count). The summed E-state index contributed by atoms with van der Waals surface area (Å²) in [6.07, 6.45) is 0. The van der Waals surface area contributed by atoms with E-state index in [1.807, 2.05) is 23.1 Å². The van der Waals surface area contributed by atoms with Crippen LogP contribution < -0.4 is 0 Å². The smallest absolute Gasteiger partial charge is 0.0843 e. The Kier molecular flexibility index (Phi) is 3.72. The molecule has 0 N–H and O–H groups in total. The Morgan fingerprint density at radius 1 is 1.40 bits per heavy atom. The largest absolute Gasteiger partial charge is 0.294 e. The molecular weight excluding hydrogens is 224 g/mol. The second-order valence-corrected chi connectivity index (χ2v) is 5.09. The van der Waals surface area contributed by atoms with Gasteiger partial charge < -0.3 is 0 Å². The fraction of sp³-hybridized carbons (Fsp3) is 0.455. The van der Waals surface area contributed by atoms with Gasteiger partial charge in [-0.05, 0) is 16.9 Å². The van der Waals surface area contributed by atoms with E-state index in [0.29, 0.717) is 0 Å². The summed E-state index contributed by atoms with van der Waals surface area (Å²) in [5.74, 6) is 1.05. The van der Waals surface area contributed by atoms with Crippen molar-refractivity contribution in [1.29, 1.82) is 0 Å². The van der Waals surface area contributed by atoms with Crippen molar-refractivity contribution < 1.29 is 0 Å². The summed E-state index contributed by atoms with van der Waals surface area (Å²) in [6.45, 7) is 6.55. The maximum absolute atomic E-state index is 2.39. The summed E-state index contributed by atoms with van der Waals surface area (Å²) in [4.78, 5) is 1.37. The van der Waals surface area contributed by atoms with E-state index >= 15 is 0 Å². The van der Waals surface area contributed by atoms with Crippen LogP contribution in [0.3, 0.4) is 0 Å². The summed E-state index contributed by atoms with van der Waals surface area (Å²) in [6, 6.07) is 4.31. The predicted molar refractivity (Wildman–Crippen MR) is 69.5 cm³/mol. The monoisotopic (exact) mass is 240 g/mol. The molecule has 0 unspecified atom stereocenters. The number of hydrogen-bond donors (Lipinski definition) is 0. The van der Waals surface area contributed by atoms with Crippen LogP contribution in [0, 0.1) is 0 Å². The first kappa shape index (κ1) is 11.0. The Labute approximate surface area is 99.5 Å². The third-order valence-electron chi connectivity index (χ3n) is 2.51. The topological polar surface area (TPSA) is 6.48 Å². The molecule has 0 saturated carbocycles. The lowest BCUT2D eigenvalue weighted by Crippen LogP contribution is -2.39. The van der Waals surface area contributed by atoms with Crippen LogP contribution in [0.25, 0.3) is 5.70 Å². The van der Waals surface area contributed by atoms with Crippen molar-refractivity contribution in [3.05, 3.63) is 27.8 Å². The van der Waals surface area contributed by atoms with Gasteiger partial charge in [-0.25, -0.2) is 5.01 Å². The van der Waals surface area contributed by atoms with Gasteiger partial charge in [0.2, 0.25) is 0 Å². The van der Waals surface area contributed by atoms with Gasteiger partial charge in [-0.15, -0.1) is 23.1 Å². The highest BCUT2D eigenvalue weighted by Gasteiger charge is 2.21. The Hall–Kier alpha value is -0.450. The van der Waals surface area contributed by atoms with Crippen molar-refractivity contribution in [2.24, 2.45) is 0 Å². The number of thioether (sulfide) groups is 1. The lowest BCUT2D eigenvalue weighted by Gasteiger charge is -2.32. The summed E-state index contributed by atoms with van der Waals surface area (Å²) in [7, 11) is 0. The van der Waals surface area contributed by atoms with Crippen molar-refractivity contribution in [2.45, 2.75) is 13.8 Å². The first-order valence-corrected chi connectivity index (χ1v) is 7.17. The Morgan fingerprint density at radius 2 is 2.20 bits per heavy atom. The van der Waals surface area contributed by atoms with E-state index in [1.54, 1.807) is 0 Å². The van der Waals surface area contributed by atoms with Crippen LogP contribution in [-0.2, 0) is 0 Å². The highest BCUT2D eigenvalue weighted by atomic mass is 32.2. The maximum atomic E-state index is 2.39. The third-order valence-corrected chi connectivity index (χ3v) is 4.19. The van der Waals surface area contributed by atoms with Gasteiger partial charge in [-0.3, -0.25) is 5.01 Å². The highest BCUT2D eigenvalue weighted by Crippen LogP contribution is 2.34. The third kappa shape index (κ3) is 2.22. The molecule has 0 fully saturated rings. The van der Waals surface area contributed by atoms with Crippen LogP contribution in [0.2, 0.25) is 0 Å². The SMILES string of the molecule is CCN(CC)N1CSC=C1c1cccs1.